The highest BCUT2D eigenvalue weighted by molar-refractivity contribution is 6.23. The molecule has 0 radical (unpaired) electrons. The third-order valence-electron chi connectivity index (χ3n) is 3.72. The maximum atomic E-state index is 12.3. The molecule has 0 amide bonds. The fraction of sp³-hybridized carbons (Fsp3) is 0.444. The number of hydrogen-bond acceptors (Lipinski definition) is 4. The smallest absolute Gasteiger partial charge is 0.168 e. The summed E-state index contributed by atoms with van der Waals surface area (Å²) in [6.45, 7) is 6.20. The van der Waals surface area contributed by atoms with E-state index in [1.54, 1.807) is 0 Å². The summed E-state index contributed by atoms with van der Waals surface area (Å²) in [5.74, 6) is 0.0721. The number of Topliss-reactive ketones (excluding diaryl/α,β-unsaturated/α-hetero) is 1. The Morgan fingerprint density at radius 3 is 2.55 bits per heavy atom. The Morgan fingerprint density at radius 2 is 1.95 bits per heavy atom. The van der Waals surface area contributed by atoms with Crippen molar-refractivity contribution in [1.82, 2.24) is 0 Å². The van der Waals surface area contributed by atoms with Crippen molar-refractivity contribution < 1.29 is 14.7 Å². The van der Waals surface area contributed by atoms with E-state index in [1.165, 1.54) is 0 Å². The van der Waals surface area contributed by atoms with Gasteiger partial charge in [0.05, 0.1) is 11.3 Å². The zero-order chi connectivity index (χ0) is 16.2. The van der Waals surface area contributed by atoms with E-state index < -0.39 is 0 Å². The monoisotopic (exact) mass is 301 g/mol. The molecular weight excluding hydrogens is 278 g/mol. The summed E-state index contributed by atoms with van der Waals surface area (Å²) in [6, 6.07) is 9.71. The van der Waals surface area contributed by atoms with E-state index in [0.717, 1.165) is 5.56 Å². The fourth-order valence-electron chi connectivity index (χ4n) is 2.66. The van der Waals surface area contributed by atoms with Gasteiger partial charge in [0.25, 0.3) is 0 Å². The molecule has 0 spiro atoms. The van der Waals surface area contributed by atoms with Crippen LogP contribution in [0, 0.1) is 5.41 Å². The van der Waals surface area contributed by atoms with Gasteiger partial charge in [0.15, 0.2) is 5.78 Å². The normalized spacial score (nSPS) is 18.5. The van der Waals surface area contributed by atoms with Gasteiger partial charge in [-0.2, -0.15) is 0 Å². The molecule has 0 unspecified atom stereocenters. The molecule has 0 aromatic heterocycles. The molecule has 1 aliphatic carbocycles. The molecule has 0 saturated carbocycles. The van der Waals surface area contributed by atoms with Crippen LogP contribution < -0.4 is 0 Å². The largest absolute Gasteiger partial charge is 0.511 e. The minimum Gasteiger partial charge on any atom is -0.511 e. The average molecular weight is 301 g/mol. The topological polar surface area (TPSA) is 58.9 Å². The van der Waals surface area contributed by atoms with Gasteiger partial charge in [0.1, 0.15) is 12.4 Å². The molecule has 0 bridgehead atoms. The number of ketones is 1. The average Bonchev–Trinajstić information content (AvgIpc) is 2.44. The van der Waals surface area contributed by atoms with Crippen molar-refractivity contribution in [3.8, 4) is 0 Å². The van der Waals surface area contributed by atoms with Crippen molar-refractivity contribution in [3.05, 3.63) is 47.2 Å². The van der Waals surface area contributed by atoms with E-state index >= 15 is 0 Å². The van der Waals surface area contributed by atoms with Gasteiger partial charge in [-0.05, 0) is 17.4 Å². The van der Waals surface area contributed by atoms with Gasteiger partial charge in [-0.25, -0.2) is 0 Å². The number of benzene rings is 1. The molecule has 118 valence electrons. The van der Waals surface area contributed by atoms with Crippen LogP contribution >= 0.6 is 0 Å². The van der Waals surface area contributed by atoms with Crippen molar-refractivity contribution in [3.63, 3.8) is 0 Å². The highest BCUT2D eigenvalue weighted by Crippen LogP contribution is 2.36. The minimum absolute atomic E-state index is 0.0577. The second-order valence-corrected chi connectivity index (χ2v) is 6.41. The predicted molar refractivity (Wildman–Crippen MR) is 86.6 cm³/mol. The second-order valence-electron chi connectivity index (χ2n) is 6.41. The first-order valence-corrected chi connectivity index (χ1v) is 7.61. The van der Waals surface area contributed by atoms with Gasteiger partial charge in [-0.3, -0.25) is 4.79 Å². The van der Waals surface area contributed by atoms with Crippen LogP contribution in [0.4, 0.5) is 0 Å². The van der Waals surface area contributed by atoms with E-state index in [2.05, 4.69) is 5.16 Å². The van der Waals surface area contributed by atoms with Crippen LogP contribution in [0.1, 0.15) is 45.6 Å². The number of carbonyl (C=O) groups is 1. The van der Waals surface area contributed by atoms with Crippen molar-refractivity contribution in [2.75, 3.05) is 0 Å². The molecule has 2 rings (SSSR count). The number of aliphatic hydroxyl groups excluding tert-OH is 1. The van der Waals surface area contributed by atoms with Gasteiger partial charge in [0.2, 0.25) is 0 Å². The Bertz CT molecular complexity index is 600. The number of nitrogens with zero attached hydrogens (tertiary/aromatic N) is 1. The molecule has 0 aliphatic heterocycles. The SMILES string of the molecule is CC/C(=N/OCc1ccccc1)C1=C(O)CC(C)(C)CC1=O. The minimum atomic E-state index is -0.200. The quantitative estimate of drug-likeness (QED) is 0.656. The molecule has 1 aromatic rings. The van der Waals surface area contributed by atoms with Crippen molar-refractivity contribution >= 4 is 11.5 Å². The van der Waals surface area contributed by atoms with Crippen molar-refractivity contribution in [1.29, 1.82) is 0 Å². The van der Waals surface area contributed by atoms with E-state index in [4.69, 9.17) is 4.84 Å². The van der Waals surface area contributed by atoms with E-state index in [-0.39, 0.29) is 17.0 Å². The Labute approximate surface area is 131 Å². The van der Waals surface area contributed by atoms with E-state index in [9.17, 15) is 9.90 Å². The molecule has 0 saturated heterocycles. The summed E-state index contributed by atoms with van der Waals surface area (Å²) >= 11 is 0. The molecule has 1 aliphatic rings. The molecule has 0 fully saturated rings. The second kappa shape index (κ2) is 6.77. The highest BCUT2D eigenvalue weighted by Gasteiger charge is 2.34. The van der Waals surface area contributed by atoms with Gasteiger partial charge in [-0.15, -0.1) is 0 Å². The van der Waals surface area contributed by atoms with Crippen LogP contribution in [0.2, 0.25) is 0 Å². The molecular formula is C18H23NO3. The molecule has 1 N–H and O–H groups in total. The van der Waals surface area contributed by atoms with Gasteiger partial charge in [-0.1, -0.05) is 56.3 Å². The van der Waals surface area contributed by atoms with Gasteiger partial charge < -0.3 is 9.94 Å². The summed E-state index contributed by atoms with van der Waals surface area (Å²) in [5, 5.41) is 14.3. The first-order valence-electron chi connectivity index (χ1n) is 7.61. The lowest BCUT2D eigenvalue weighted by atomic mass is 9.75. The first kappa shape index (κ1) is 16.3. The van der Waals surface area contributed by atoms with Crippen LogP contribution in [0.25, 0.3) is 0 Å². The Hall–Kier alpha value is -2.10. The first-order chi connectivity index (χ1) is 10.4. The summed E-state index contributed by atoms with van der Waals surface area (Å²) in [7, 11) is 0. The number of rotatable bonds is 5. The predicted octanol–water partition coefficient (Wildman–Crippen LogP) is 4.17. The van der Waals surface area contributed by atoms with Crippen LogP contribution in [0.3, 0.4) is 0 Å². The van der Waals surface area contributed by atoms with Gasteiger partial charge in [0, 0.05) is 12.8 Å². The number of aliphatic hydroxyl groups is 1. The number of oxime groups is 1. The molecule has 1 aromatic carbocycles. The lowest BCUT2D eigenvalue weighted by molar-refractivity contribution is -0.118. The summed E-state index contributed by atoms with van der Waals surface area (Å²) in [4.78, 5) is 17.7. The maximum absolute atomic E-state index is 12.3. The van der Waals surface area contributed by atoms with Crippen molar-refractivity contribution in [2.24, 2.45) is 10.6 Å². The Balaban J connectivity index is 2.13. The Kier molecular flexibility index (Phi) is 5.01. The van der Waals surface area contributed by atoms with Crippen LogP contribution in [0.15, 0.2) is 46.8 Å². The fourth-order valence-corrected chi connectivity index (χ4v) is 2.66. The van der Waals surface area contributed by atoms with Crippen molar-refractivity contribution in [2.45, 2.75) is 46.6 Å². The molecule has 4 heteroatoms. The Morgan fingerprint density at radius 1 is 1.27 bits per heavy atom. The summed E-state index contributed by atoms with van der Waals surface area (Å²) < 4.78 is 0. The molecule has 0 atom stereocenters. The standard InChI is InChI=1S/C18H23NO3/c1-4-14(19-22-12-13-8-6-5-7-9-13)17-15(20)10-18(2,3)11-16(17)21/h5-9,20H,4,10-12H2,1-3H3/b19-14-. The number of hydrogen-bond donors (Lipinski definition) is 1. The van der Waals surface area contributed by atoms with Gasteiger partial charge >= 0.3 is 0 Å². The van der Waals surface area contributed by atoms with Crippen LogP contribution in [0.5, 0.6) is 0 Å². The zero-order valence-electron chi connectivity index (χ0n) is 13.4. The highest BCUT2D eigenvalue weighted by atomic mass is 16.6. The molecule has 0 heterocycles. The zero-order valence-corrected chi connectivity index (χ0v) is 13.4. The lowest BCUT2D eigenvalue weighted by Crippen LogP contribution is -2.29. The third-order valence-corrected chi connectivity index (χ3v) is 3.72. The van der Waals surface area contributed by atoms with E-state index in [1.807, 2.05) is 51.1 Å². The number of carbonyl (C=O) groups excluding carboxylic acids is 1. The molecule has 22 heavy (non-hydrogen) atoms. The summed E-state index contributed by atoms with van der Waals surface area (Å²) in [6.07, 6.45) is 1.45. The van der Waals surface area contributed by atoms with Crippen LogP contribution in [-0.4, -0.2) is 16.6 Å². The van der Waals surface area contributed by atoms with Crippen LogP contribution in [-0.2, 0) is 16.2 Å². The maximum Gasteiger partial charge on any atom is 0.168 e. The van der Waals surface area contributed by atoms with E-state index in [0.29, 0.717) is 37.2 Å². The molecule has 4 nitrogen and oxygen atoms in total. The number of allylic oxidation sites excluding steroid dienone is 2. The third kappa shape index (κ3) is 3.97. The summed E-state index contributed by atoms with van der Waals surface area (Å²) in [5.41, 5.74) is 1.67. The lowest BCUT2D eigenvalue weighted by Gasteiger charge is -2.29.